The molecule has 2 N–H and O–H groups in total. The van der Waals surface area contributed by atoms with Crippen molar-refractivity contribution < 1.29 is 19.1 Å². The number of nitrogens with one attached hydrogen (secondary N) is 2. The van der Waals surface area contributed by atoms with Gasteiger partial charge in [0.15, 0.2) is 0 Å². The molecule has 0 saturated heterocycles. The Kier molecular flexibility index (Phi) is 6.34. The number of hydrogen-bond acceptors (Lipinski definition) is 4. The van der Waals surface area contributed by atoms with Gasteiger partial charge < -0.3 is 15.4 Å². The van der Waals surface area contributed by atoms with Crippen molar-refractivity contribution in [3.63, 3.8) is 0 Å². The summed E-state index contributed by atoms with van der Waals surface area (Å²) in [5, 5.41) is 5.61. The Morgan fingerprint density at radius 3 is 2.04 bits per heavy atom. The van der Waals surface area contributed by atoms with E-state index in [2.05, 4.69) is 10.6 Å². The molecule has 0 fully saturated rings. The van der Waals surface area contributed by atoms with Crippen LogP contribution in [-0.2, 0) is 4.74 Å². The Morgan fingerprint density at radius 2 is 1.48 bits per heavy atom. The molecule has 2 amide bonds. The van der Waals surface area contributed by atoms with E-state index in [0.717, 1.165) is 0 Å². The van der Waals surface area contributed by atoms with Crippen LogP contribution in [0.4, 0.5) is 5.69 Å². The largest absolute Gasteiger partial charge is 0.462 e. The molecule has 0 unspecified atom stereocenters. The number of anilines is 1. The number of carbonyl (C=O) groups excluding carboxylic acids is 3. The maximum Gasteiger partial charge on any atom is 0.338 e. The molecule has 27 heavy (non-hydrogen) atoms. The average Bonchev–Trinajstić information content (AvgIpc) is 2.61. The number of benzene rings is 2. The fourth-order valence-electron chi connectivity index (χ4n) is 2.32. The van der Waals surface area contributed by atoms with Gasteiger partial charge in [-0.2, -0.15) is 0 Å². The lowest BCUT2D eigenvalue weighted by atomic mass is 10.1. The van der Waals surface area contributed by atoms with Gasteiger partial charge in [-0.25, -0.2) is 4.79 Å². The molecular weight excluding hydrogens is 344 g/mol. The molecule has 6 heteroatoms. The van der Waals surface area contributed by atoms with Gasteiger partial charge in [-0.1, -0.05) is 6.07 Å². The standard InChI is InChI=1S/C21H24N2O4/c1-5-27-20(26)14-9-11-17(12-10-14)22-18(24)15-7-6-8-16(13-15)19(25)23-21(2,3)4/h6-13H,5H2,1-4H3,(H,22,24)(H,23,25). The van der Waals surface area contributed by atoms with Crippen molar-refractivity contribution in [2.75, 3.05) is 11.9 Å². The minimum absolute atomic E-state index is 0.240. The molecule has 0 aliphatic carbocycles. The maximum absolute atomic E-state index is 12.5. The summed E-state index contributed by atoms with van der Waals surface area (Å²) >= 11 is 0. The minimum Gasteiger partial charge on any atom is -0.462 e. The quantitative estimate of drug-likeness (QED) is 0.789. The summed E-state index contributed by atoms with van der Waals surface area (Å²) in [6.07, 6.45) is 0. The molecule has 0 aromatic heterocycles. The van der Waals surface area contributed by atoms with Crippen LogP contribution < -0.4 is 10.6 Å². The molecule has 0 radical (unpaired) electrons. The maximum atomic E-state index is 12.5. The molecule has 2 aromatic carbocycles. The predicted octanol–water partition coefficient (Wildman–Crippen LogP) is 3.64. The summed E-state index contributed by atoms with van der Waals surface area (Å²) in [4.78, 5) is 36.4. The molecule has 0 atom stereocenters. The summed E-state index contributed by atoms with van der Waals surface area (Å²) < 4.78 is 4.92. The number of rotatable bonds is 5. The van der Waals surface area contributed by atoms with Crippen LogP contribution in [0.3, 0.4) is 0 Å². The van der Waals surface area contributed by atoms with Gasteiger partial charge in [-0.15, -0.1) is 0 Å². The van der Waals surface area contributed by atoms with Gasteiger partial charge in [0.05, 0.1) is 12.2 Å². The number of hydrogen-bond donors (Lipinski definition) is 2. The van der Waals surface area contributed by atoms with Crippen molar-refractivity contribution in [1.82, 2.24) is 5.32 Å². The first kappa shape index (κ1) is 20.2. The van der Waals surface area contributed by atoms with E-state index in [1.54, 1.807) is 55.5 Å². The Hall–Kier alpha value is -3.15. The summed E-state index contributed by atoms with van der Waals surface area (Å²) in [6.45, 7) is 7.71. The number of carbonyl (C=O) groups is 3. The third-order valence-corrected chi connectivity index (χ3v) is 3.53. The molecule has 0 heterocycles. The fourth-order valence-corrected chi connectivity index (χ4v) is 2.32. The Bertz CT molecular complexity index is 836. The molecule has 0 bridgehead atoms. The highest BCUT2D eigenvalue weighted by Crippen LogP contribution is 2.14. The van der Waals surface area contributed by atoms with Crippen LogP contribution in [0, 0.1) is 0 Å². The van der Waals surface area contributed by atoms with Crippen molar-refractivity contribution in [3.05, 3.63) is 65.2 Å². The smallest absolute Gasteiger partial charge is 0.338 e. The van der Waals surface area contributed by atoms with E-state index in [0.29, 0.717) is 29.0 Å². The van der Waals surface area contributed by atoms with E-state index in [4.69, 9.17) is 4.74 Å². The third-order valence-electron chi connectivity index (χ3n) is 3.53. The molecule has 142 valence electrons. The minimum atomic E-state index is -0.409. The van der Waals surface area contributed by atoms with Gasteiger partial charge in [-0.3, -0.25) is 9.59 Å². The van der Waals surface area contributed by atoms with Gasteiger partial charge in [0.1, 0.15) is 0 Å². The van der Waals surface area contributed by atoms with Crippen LogP contribution in [0.2, 0.25) is 0 Å². The molecule has 2 aromatic rings. The van der Waals surface area contributed by atoms with Crippen LogP contribution in [-0.4, -0.2) is 29.9 Å². The summed E-state index contributed by atoms with van der Waals surface area (Å²) in [5.41, 5.74) is 1.37. The Labute approximate surface area is 158 Å². The lowest BCUT2D eigenvalue weighted by Gasteiger charge is -2.20. The van der Waals surface area contributed by atoms with Crippen LogP contribution in [0.15, 0.2) is 48.5 Å². The molecule has 0 aliphatic heterocycles. The average molecular weight is 368 g/mol. The predicted molar refractivity (Wildman–Crippen MR) is 104 cm³/mol. The third kappa shape index (κ3) is 5.95. The first-order valence-electron chi connectivity index (χ1n) is 8.71. The van der Waals surface area contributed by atoms with Crippen LogP contribution >= 0.6 is 0 Å². The molecular formula is C21H24N2O4. The van der Waals surface area contributed by atoms with Gasteiger partial charge >= 0.3 is 5.97 Å². The number of ether oxygens (including phenoxy) is 1. The zero-order chi connectivity index (χ0) is 20.0. The van der Waals surface area contributed by atoms with Crippen molar-refractivity contribution in [2.24, 2.45) is 0 Å². The van der Waals surface area contributed by atoms with E-state index >= 15 is 0 Å². The highest BCUT2D eigenvalue weighted by Gasteiger charge is 2.16. The number of amides is 2. The Morgan fingerprint density at radius 1 is 0.889 bits per heavy atom. The summed E-state index contributed by atoms with van der Waals surface area (Å²) in [6, 6.07) is 12.9. The first-order valence-corrected chi connectivity index (χ1v) is 8.71. The van der Waals surface area contributed by atoms with Crippen molar-refractivity contribution in [3.8, 4) is 0 Å². The zero-order valence-electron chi connectivity index (χ0n) is 16.0. The van der Waals surface area contributed by atoms with Gasteiger partial charge in [-0.05, 0) is 70.2 Å². The van der Waals surface area contributed by atoms with E-state index in [1.165, 1.54) is 0 Å². The second kappa shape index (κ2) is 8.49. The topological polar surface area (TPSA) is 84.5 Å². The van der Waals surface area contributed by atoms with Crippen molar-refractivity contribution >= 4 is 23.5 Å². The highest BCUT2D eigenvalue weighted by atomic mass is 16.5. The molecule has 6 nitrogen and oxygen atoms in total. The van der Waals surface area contributed by atoms with Gasteiger partial charge in [0.25, 0.3) is 11.8 Å². The Balaban J connectivity index is 2.09. The van der Waals surface area contributed by atoms with Crippen LogP contribution in [0.1, 0.15) is 58.8 Å². The van der Waals surface area contributed by atoms with E-state index in [-0.39, 0.29) is 17.4 Å². The SMILES string of the molecule is CCOC(=O)c1ccc(NC(=O)c2cccc(C(=O)NC(C)(C)C)c2)cc1. The normalized spacial score (nSPS) is 10.8. The first-order chi connectivity index (χ1) is 12.7. The highest BCUT2D eigenvalue weighted by molar-refractivity contribution is 6.06. The van der Waals surface area contributed by atoms with Gasteiger partial charge in [0, 0.05) is 22.4 Å². The molecule has 0 saturated carbocycles. The van der Waals surface area contributed by atoms with E-state index < -0.39 is 5.97 Å². The molecule has 0 aliphatic rings. The fraction of sp³-hybridized carbons (Fsp3) is 0.286. The lowest BCUT2D eigenvalue weighted by molar-refractivity contribution is 0.0526. The van der Waals surface area contributed by atoms with Crippen molar-refractivity contribution in [1.29, 1.82) is 0 Å². The monoisotopic (exact) mass is 368 g/mol. The molecule has 0 spiro atoms. The van der Waals surface area contributed by atoms with Gasteiger partial charge in [0.2, 0.25) is 0 Å². The second-order valence-corrected chi connectivity index (χ2v) is 7.04. The van der Waals surface area contributed by atoms with E-state index in [1.807, 2.05) is 20.8 Å². The zero-order valence-corrected chi connectivity index (χ0v) is 16.0. The summed E-state index contributed by atoms with van der Waals surface area (Å²) in [5.74, 6) is -0.992. The summed E-state index contributed by atoms with van der Waals surface area (Å²) in [7, 11) is 0. The molecule has 2 rings (SSSR count). The number of esters is 1. The lowest BCUT2D eigenvalue weighted by Crippen LogP contribution is -2.40. The van der Waals surface area contributed by atoms with Crippen molar-refractivity contribution in [2.45, 2.75) is 33.2 Å². The van der Waals surface area contributed by atoms with Crippen LogP contribution in [0.5, 0.6) is 0 Å². The van der Waals surface area contributed by atoms with Crippen LogP contribution in [0.25, 0.3) is 0 Å². The van der Waals surface area contributed by atoms with E-state index in [9.17, 15) is 14.4 Å². The second-order valence-electron chi connectivity index (χ2n) is 7.04.